The number of benzene rings is 2. The number of nitrogens with zero attached hydrogens (tertiary/aromatic N) is 2. The van der Waals surface area contributed by atoms with E-state index in [0.29, 0.717) is 32.1 Å². The third kappa shape index (κ3) is 5.70. The topological polar surface area (TPSA) is 108 Å². The van der Waals surface area contributed by atoms with E-state index in [0.717, 1.165) is 11.8 Å². The molecule has 2 aromatic carbocycles. The zero-order valence-electron chi connectivity index (χ0n) is 17.4. The van der Waals surface area contributed by atoms with Gasteiger partial charge in [-0.05, 0) is 52.7 Å². The Labute approximate surface area is 207 Å². The third-order valence-corrected chi connectivity index (χ3v) is 6.17. The highest BCUT2D eigenvalue weighted by Gasteiger charge is 2.34. The Morgan fingerprint density at radius 3 is 2.76 bits per heavy atom. The number of amides is 1. The van der Waals surface area contributed by atoms with Gasteiger partial charge in [0.15, 0.2) is 22.4 Å². The number of carbonyl (C=O) groups excluding carboxylic acids is 2. The van der Waals surface area contributed by atoms with E-state index < -0.39 is 16.8 Å². The Kier molecular flexibility index (Phi) is 8.06. The van der Waals surface area contributed by atoms with Crippen molar-refractivity contribution >= 4 is 73.6 Å². The second kappa shape index (κ2) is 10.8. The molecular weight excluding hydrogens is 536 g/mol. The number of nitro benzene ring substituents is 1. The molecule has 1 fully saturated rings. The molecule has 9 nitrogen and oxygen atoms in total. The standard InChI is InChI=1S/C21H17BrN2O7S2/c1-3-30-18(25)11-31-19-15(22)7-12(8-16(19)29-2)9-17-20(26)23(21(32)33-17)13-5-4-6-14(10-13)24(27)28/h4-10H,3,11H2,1-2H3/b17-9+. The molecule has 0 atom stereocenters. The number of carbonyl (C=O) groups is 2. The summed E-state index contributed by atoms with van der Waals surface area (Å²) in [5.74, 6) is -0.260. The maximum atomic E-state index is 13.0. The maximum absolute atomic E-state index is 13.0. The van der Waals surface area contributed by atoms with Gasteiger partial charge in [0.2, 0.25) is 0 Å². The van der Waals surface area contributed by atoms with Crippen LogP contribution in [0.5, 0.6) is 11.5 Å². The lowest BCUT2D eigenvalue weighted by Crippen LogP contribution is -2.27. The number of non-ortho nitro benzene ring substituents is 1. The first kappa shape index (κ1) is 24.7. The second-order valence-electron chi connectivity index (χ2n) is 6.42. The van der Waals surface area contributed by atoms with Crippen LogP contribution in [0, 0.1) is 10.1 Å². The summed E-state index contributed by atoms with van der Waals surface area (Å²) in [6, 6.07) is 9.05. The molecule has 33 heavy (non-hydrogen) atoms. The molecule has 1 heterocycles. The van der Waals surface area contributed by atoms with Gasteiger partial charge in [-0.1, -0.05) is 30.0 Å². The molecule has 2 aromatic rings. The normalized spacial score (nSPS) is 14.5. The molecule has 0 aromatic heterocycles. The van der Waals surface area contributed by atoms with E-state index in [9.17, 15) is 19.7 Å². The van der Waals surface area contributed by atoms with Crippen LogP contribution in [0.25, 0.3) is 6.08 Å². The van der Waals surface area contributed by atoms with Crippen molar-refractivity contribution in [3.8, 4) is 11.5 Å². The van der Waals surface area contributed by atoms with Crippen LogP contribution >= 0.6 is 39.9 Å². The molecule has 0 radical (unpaired) electrons. The molecule has 0 unspecified atom stereocenters. The zero-order valence-corrected chi connectivity index (χ0v) is 20.6. The van der Waals surface area contributed by atoms with Crippen molar-refractivity contribution in [3.63, 3.8) is 0 Å². The summed E-state index contributed by atoms with van der Waals surface area (Å²) < 4.78 is 16.5. The molecule has 1 aliphatic heterocycles. The summed E-state index contributed by atoms with van der Waals surface area (Å²) in [7, 11) is 1.45. The smallest absolute Gasteiger partial charge is 0.344 e. The summed E-state index contributed by atoms with van der Waals surface area (Å²) in [4.78, 5) is 36.7. The highest BCUT2D eigenvalue weighted by atomic mass is 79.9. The van der Waals surface area contributed by atoms with Gasteiger partial charge in [0.25, 0.3) is 11.6 Å². The predicted octanol–water partition coefficient (Wildman–Crippen LogP) is 4.71. The van der Waals surface area contributed by atoms with E-state index in [2.05, 4.69) is 15.9 Å². The molecule has 12 heteroatoms. The lowest BCUT2D eigenvalue weighted by molar-refractivity contribution is -0.384. The largest absolute Gasteiger partial charge is 0.493 e. The molecule has 1 amide bonds. The second-order valence-corrected chi connectivity index (χ2v) is 8.95. The molecule has 0 N–H and O–H groups in total. The van der Waals surface area contributed by atoms with E-state index in [-0.39, 0.29) is 23.2 Å². The Morgan fingerprint density at radius 1 is 1.33 bits per heavy atom. The number of thiocarbonyl (C=S) groups is 1. The highest BCUT2D eigenvalue weighted by molar-refractivity contribution is 9.10. The minimum Gasteiger partial charge on any atom is -0.493 e. The monoisotopic (exact) mass is 552 g/mol. The average Bonchev–Trinajstić information content (AvgIpc) is 3.05. The van der Waals surface area contributed by atoms with Gasteiger partial charge in [0.1, 0.15) is 0 Å². The first-order valence-electron chi connectivity index (χ1n) is 9.43. The lowest BCUT2D eigenvalue weighted by Gasteiger charge is -2.14. The van der Waals surface area contributed by atoms with Gasteiger partial charge in [-0.3, -0.25) is 19.8 Å². The van der Waals surface area contributed by atoms with E-state index in [1.165, 1.54) is 30.2 Å². The zero-order chi connectivity index (χ0) is 24.1. The van der Waals surface area contributed by atoms with E-state index in [1.54, 1.807) is 31.2 Å². The fourth-order valence-corrected chi connectivity index (χ4v) is 4.76. The number of anilines is 1. The number of halogens is 1. The van der Waals surface area contributed by atoms with Gasteiger partial charge in [0, 0.05) is 12.1 Å². The van der Waals surface area contributed by atoms with Gasteiger partial charge in [0.05, 0.1) is 33.7 Å². The minimum atomic E-state index is -0.535. The summed E-state index contributed by atoms with van der Waals surface area (Å²) >= 11 is 9.81. The summed E-state index contributed by atoms with van der Waals surface area (Å²) in [5, 5.41) is 11.1. The van der Waals surface area contributed by atoms with Gasteiger partial charge in [-0.25, -0.2) is 4.79 Å². The quantitative estimate of drug-likeness (QED) is 0.151. The fourth-order valence-electron chi connectivity index (χ4n) is 2.88. The van der Waals surface area contributed by atoms with Crippen molar-refractivity contribution in [1.82, 2.24) is 0 Å². The third-order valence-electron chi connectivity index (χ3n) is 4.28. The van der Waals surface area contributed by atoms with E-state index >= 15 is 0 Å². The highest BCUT2D eigenvalue weighted by Crippen LogP contribution is 2.40. The van der Waals surface area contributed by atoms with Crippen molar-refractivity contribution < 1.29 is 28.7 Å². The molecule has 0 saturated carbocycles. The summed E-state index contributed by atoms with van der Waals surface area (Å²) in [5.41, 5.74) is 0.788. The first-order valence-corrected chi connectivity index (χ1v) is 11.4. The molecule has 0 spiro atoms. The Hall–Kier alpha value is -2.96. The van der Waals surface area contributed by atoms with Crippen molar-refractivity contribution in [2.75, 3.05) is 25.2 Å². The fraction of sp³-hybridized carbons (Fsp3) is 0.190. The van der Waals surface area contributed by atoms with Gasteiger partial charge in [-0.15, -0.1) is 0 Å². The van der Waals surface area contributed by atoms with Crippen LogP contribution in [-0.2, 0) is 14.3 Å². The van der Waals surface area contributed by atoms with Crippen molar-refractivity contribution in [2.45, 2.75) is 6.92 Å². The number of thioether (sulfide) groups is 1. The number of hydrogen-bond acceptors (Lipinski definition) is 9. The van der Waals surface area contributed by atoms with Crippen LogP contribution in [0.1, 0.15) is 12.5 Å². The first-order chi connectivity index (χ1) is 15.7. The molecule has 3 rings (SSSR count). The van der Waals surface area contributed by atoms with E-state index in [4.69, 9.17) is 26.4 Å². The Morgan fingerprint density at radius 2 is 2.09 bits per heavy atom. The van der Waals surface area contributed by atoms with Crippen molar-refractivity contribution in [2.24, 2.45) is 0 Å². The van der Waals surface area contributed by atoms with Crippen LogP contribution in [0.2, 0.25) is 0 Å². The van der Waals surface area contributed by atoms with Gasteiger partial charge >= 0.3 is 5.97 Å². The number of nitro groups is 1. The minimum absolute atomic E-state index is 0.141. The van der Waals surface area contributed by atoms with Crippen molar-refractivity contribution in [1.29, 1.82) is 0 Å². The lowest BCUT2D eigenvalue weighted by atomic mass is 10.1. The van der Waals surface area contributed by atoms with Crippen LogP contribution in [0.3, 0.4) is 0 Å². The number of methoxy groups -OCH3 is 1. The van der Waals surface area contributed by atoms with E-state index in [1.807, 2.05) is 0 Å². The van der Waals surface area contributed by atoms with Crippen molar-refractivity contribution in [3.05, 3.63) is 61.5 Å². The summed E-state index contributed by atoms with van der Waals surface area (Å²) in [6.45, 7) is 1.66. The summed E-state index contributed by atoms with van der Waals surface area (Å²) in [6.07, 6.45) is 1.62. The molecular formula is C21H17BrN2O7S2. The van der Waals surface area contributed by atoms with Gasteiger partial charge in [-0.2, -0.15) is 0 Å². The van der Waals surface area contributed by atoms with Crippen LogP contribution in [0.15, 0.2) is 45.8 Å². The number of rotatable bonds is 8. The molecule has 0 bridgehead atoms. The van der Waals surface area contributed by atoms with Gasteiger partial charge < -0.3 is 14.2 Å². The van der Waals surface area contributed by atoms with Crippen LogP contribution < -0.4 is 14.4 Å². The molecule has 1 saturated heterocycles. The molecule has 0 aliphatic carbocycles. The predicted molar refractivity (Wildman–Crippen MR) is 132 cm³/mol. The Bertz CT molecular complexity index is 1170. The van der Waals surface area contributed by atoms with Crippen LogP contribution in [-0.4, -0.2) is 41.4 Å². The SMILES string of the molecule is CCOC(=O)COc1c(Br)cc(/C=C2/SC(=S)N(c3cccc([N+](=O)[O-])c3)C2=O)cc1OC. The van der Waals surface area contributed by atoms with Crippen LogP contribution in [0.4, 0.5) is 11.4 Å². The number of hydrogen-bond donors (Lipinski definition) is 0. The number of ether oxygens (including phenoxy) is 3. The maximum Gasteiger partial charge on any atom is 0.344 e. The average molecular weight is 553 g/mol. The Balaban J connectivity index is 1.87. The number of esters is 1. The molecule has 1 aliphatic rings. The molecule has 172 valence electrons.